The van der Waals surface area contributed by atoms with Crippen molar-refractivity contribution in [2.45, 2.75) is 37.2 Å². The Bertz CT molecular complexity index is 527. The Balaban J connectivity index is 2.13. The van der Waals surface area contributed by atoms with Gasteiger partial charge in [-0.1, -0.05) is 24.6 Å². The van der Waals surface area contributed by atoms with Crippen LogP contribution in [0.2, 0.25) is 5.02 Å². The molecule has 0 amide bonds. The monoisotopic (exact) mass is 288 g/mol. The van der Waals surface area contributed by atoms with E-state index >= 15 is 0 Å². The molecule has 0 bridgehead atoms. The van der Waals surface area contributed by atoms with Crippen molar-refractivity contribution in [3.05, 3.63) is 28.8 Å². The summed E-state index contributed by atoms with van der Waals surface area (Å²) in [5, 5.41) is 3.84. The lowest BCUT2D eigenvalue weighted by molar-refractivity contribution is 0.584. The van der Waals surface area contributed by atoms with Crippen molar-refractivity contribution in [3.63, 3.8) is 0 Å². The van der Waals surface area contributed by atoms with Crippen molar-refractivity contribution < 1.29 is 8.42 Å². The summed E-state index contributed by atoms with van der Waals surface area (Å²) in [6.45, 7) is 2.79. The molecule has 4 nitrogen and oxygen atoms in total. The minimum absolute atomic E-state index is 0.213. The quantitative estimate of drug-likeness (QED) is 0.840. The third kappa shape index (κ3) is 3.45. The Hall–Kier alpha value is -0.620. The van der Waals surface area contributed by atoms with Gasteiger partial charge in [-0.3, -0.25) is 0 Å². The molecule has 0 spiro atoms. The van der Waals surface area contributed by atoms with E-state index in [1.165, 1.54) is 18.9 Å². The number of benzene rings is 1. The third-order valence-electron chi connectivity index (χ3n) is 2.83. The molecule has 0 aromatic heterocycles. The topological polar surface area (TPSA) is 58.2 Å². The van der Waals surface area contributed by atoms with Crippen molar-refractivity contribution in [3.8, 4) is 0 Å². The van der Waals surface area contributed by atoms with Crippen LogP contribution >= 0.6 is 11.6 Å². The molecule has 0 aliphatic heterocycles. The van der Waals surface area contributed by atoms with Gasteiger partial charge in [-0.15, -0.1) is 0 Å². The molecule has 0 radical (unpaired) electrons. The maximum atomic E-state index is 11.8. The number of hydrogen-bond donors (Lipinski definition) is 2. The van der Waals surface area contributed by atoms with E-state index < -0.39 is 10.0 Å². The summed E-state index contributed by atoms with van der Waals surface area (Å²) < 4.78 is 26.0. The minimum atomic E-state index is -3.42. The number of sulfonamides is 1. The fourth-order valence-corrected chi connectivity index (χ4v) is 3.03. The number of rotatable bonds is 6. The van der Waals surface area contributed by atoms with E-state index in [1.807, 2.05) is 0 Å². The molecule has 1 aromatic carbocycles. The van der Waals surface area contributed by atoms with Crippen LogP contribution < -0.4 is 10.0 Å². The zero-order valence-corrected chi connectivity index (χ0v) is 11.8. The highest BCUT2D eigenvalue weighted by Gasteiger charge is 2.21. The van der Waals surface area contributed by atoms with E-state index in [4.69, 9.17) is 11.6 Å². The smallest absolute Gasteiger partial charge is 0.240 e. The fourth-order valence-electron chi connectivity index (χ4n) is 1.65. The van der Waals surface area contributed by atoms with Gasteiger partial charge >= 0.3 is 0 Å². The van der Waals surface area contributed by atoms with Crippen LogP contribution in [0.15, 0.2) is 23.1 Å². The summed E-state index contributed by atoms with van der Waals surface area (Å²) in [5.41, 5.74) is 0.930. The molecule has 1 aliphatic carbocycles. The second-order valence-electron chi connectivity index (χ2n) is 4.41. The van der Waals surface area contributed by atoms with E-state index in [1.54, 1.807) is 19.1 Å². The summed E-state index contributed by atoms with van der Waals surface area (Å²) in [4.78, 5) is 0.213. The molecule has 1 aromatic rings. The predicted molar refractivity (Wildman–Crippen MR) is 72.2 cm³/mol. The van der Waals surface area contributed by atoms with Gasteiger partial charge in [0.25, 0.3) is 0 Å². The van der Waals surface area contributed by atoms with Gasteiger partial charge < -0.3 is 5.32 Å². The molecule has 6 heteroatoms. The molecular formula is C12H17ClN2O2S. The SMILES string of the molecule is CCNS(=O)(=O)c1ccc(CNC2CC2)c(Cl)c1. The summed E-state index contributed by atoms with van der Waals surface area (Å²) in [6.07, 6.45) is 2.43. The minimum Gasteiger partial charge on any atom is -0.310 e. The molecule has 1 saturated carbocycles. The van der Waals surface area contributed by atoms with Gasteiger partial charge in [0.15, 0.2) is 0 Å². The standard InChI is InChI=1S/C12H17ClN2O2S/c1-2-15-18(16,17)11-6-3-9(12(13)7-11)8-14-10-4-5-10/h3,6-7,10,14-15H,2,4-5,8H2,1H3. The van der Waals surface area contributed by atoms with E-state index in [2.05, 4.69) is 10.0 Å². The van der Waals surface area contributed by atoms with Gasteiger partial charge in [-0.2, -0.15) is 0 Å². The van der Waals surface area contributed by atoms with Crippen molar-refractivity contribution in [1.82, 2.24) is 10.0 Å². The Labute approximate surface area is 113 Å². The van der Waals surface area contributed by atoms with Crippen molar-refractivity contribution in [1.29, 1.82) is 0 Å². The van der Waals surface area contributed by atoms with Crippen LogP contribution in [0.3, 0.4) is 0 Å². The average molecular weight is 289 g/mol. The molecule has 0 heterocycles. The molecule has 18 heavy (non-hydrogen) atoms. The molecule has 1 fully saturated rings. The van der Waals surface area contributed by atoms with E-state index in [0.29, 0.717) is 24.2 Å². The Morgan fingerprint density at radius 1 is 1.39 bits per heavy atom. The lowest BCUT2D eigenvalue weighted by atomic mass is 10.2. The van der Waals surface area contributed by atoms with Crippen LogP contribution in [-0.4, -0.2) is 21.0 Å². The van der Waals surface area contributed by atoms with E-state index in [9.17, 15) is 8.42 Å². The first kappa shape index (κ1) is 13.8. The van der Waals surface area contributed by atoms with Crippen LogP contribution in [0, 0.1) is 0 Å². The Kier molecular flexibility index (Phi) is 4.27. The van der Waals surface area contributed by atoms with Crippen LogP contribution in [0.5, 0.6) is 0 Å². The molecule has 100 valence electrons. The molecular weight excluding hydrogens is 272 g/mol. The average Bonchev–Trinajstić information content (AvgIpc) is 3.11. The Morgan fingerprint density at radius 2 is 2.11 bits per heavy atom. The predicted octanol–water partition coefficient (Wildman–Crippen LogP) is 1.89. The lowest BCUT2D eigenvalue weighted by Crippen LogP contribution is -2.23. The number of halogens is 1. The second kappa shape index (κ2) is 5.57. The van der Waals surface area contributed by atoms with E-state index in [0.717, 1.165) is 5.56 Å². The van der Waals surface area contributed by atoms with Crippen LogP contribution in [-0.2, 0) is 16.6 Å². The highest BCUT2D eigenvalue weighted by Crippen LogP contribution is 2.23. The van der Waals surface area contributed by atoms with Gasteiger partial charge in [-0.25, -0.2) is 13.1 Å². The summed E-state index contributed by atoms with van der Waals surface area (Å²) in [7, 11) is -3.42. The molecule has 0 atom stereocenters. The van der Waals surface area contributed by atoms with Gasteiger partial charge in [0.1, 0.15) is 0 Å². The highest BCUT2D eigenvalue weighted by molar-refractivity contribution is 7.89. The highest BCUT2D eigenvalue weighted by atomic mass is 35.5. The van der Waals surface area contributed by atoms with Crippen LogP contribution in [0.1, 0.15) is 25.3 Å². The first-order valence-corrected chi connectivity index (χ1v) is 7.90. The summed E-state index contributed by atoms with van der Waals surface area (Å²) in [6, 6.07) is 5.46. The summed E-state index contributed by atoms with van der Waals surface area (Å²) >= 11 is 6.11. The molecule has 0 unspecified atom stereocenters. The summed E-state index contributed by atoms with van der Waals surface area (Å²) in [5.74, 6) is 0. The maximum Gasteiger partial charge on any atom is 0.240 e. The van der Waals surface area contributed by atoms with Gasteiger partial charge in [-0.05, 0) is 30.5 Å². The van der Waals surface area contributed by atoms with Crippen molar-refractivity contribution in [2.75, 3.05) is 6.54 Å². The van der Waals surface area contributed by atoms with Gasteiger partial charge in [0.05, 0.1) is 4.90 Å². The molecule has 2 N–H and O–H groups in total. The Morgan fingerprint density at radius 3 is 2.67 bits per heavy atom. The van der Waals surface area contributed by atoms with Crippen LogP contribution in [0.25, 0.3) is 0 Å². The second-order valence-corrected chi connectivity index (χ2v) is 6.58. The number of nitrogens with one attached hydrogen (secondary N) is 2. The van der Waals surface area contributed by atoms with E-state index in [-0.39, 0.29) is 4.90 Å². The van der Waals surface area contributed by atoms with Gasteiger partial charge in [0.2, 0.25) is 10.0 Å². The number of hydrogen-bond acceptors (Lipinski definition) is 3. The molecule has 1 aliphatic rings. The molecule has 0 saturated heterocycles. The first-order chi connectivity index (χ1) is 8.53. The fraction of sp³-hybridized carbons (Fsp3) is 0.500. The lowest BCUT2D eigenvalue weighted by Gasteiger charge is -2.09. The van der Waals surface area contributed by atoms with Crippen molar-refractivity contribution in [2.24, 2.45) is 0 Å². The van der Waals surface area contributed by atoms with Gasteiger partial charge in [0, 0.05) is 24.2 Å². The third-order valence-corrected chi connectivity index (χ3v) is 4.72. The van der Waals surface area contributed by atoms with Crippen LogP contribution in [0.4, 0.5) is 0 Å². The molecule has 2 rings (SSSR count). The zero-order valence-electron chi connectivity index (χ0n) is 10.2. The van der Waals surface area contributed by atoms with Crippen molar-refractivity contribution >= 4 is 21.6 Å². The first-order valence-electron chi connectivity index (χ1n) is 6.04. The maximum absolute atomic E-state index is 11.8. The zero-order chi connectivity index (χ0) is 13.2. The largest absolute Gasteiger partial charge is 0.310 e. The normalized spacial score (nSPS) is 15.9.